The molecule has 13 nitrogen and oxygen atoms in total. The molecule has 15 heteroatoms. The number of fused-ring (bicyclic) bond motifs is 3. The van der Waals surface area contributed by atoms with Crippen LogP contribution in [0, 0.1) is 23.2 Å². The summed E-state index contributed by atoms with van der Waals surface area (Å²) in [5.74, 6) is -2.96. The molecule has 3 saturated carbocycles. The first-order valence-electron chi connectivity index (χ1n) is 23.7. The van der Waals surface area contributed by atoms with E-state index < -0.39 is 61.6 Å². The first-order valence-corrected chi connectivity index (χ1v) is 26.1. The molecule has 1 N–H and O–H groups in total. The summed E-state index contributed by atoms with van der Waals surface area (Å²) < 4.78 is 42.8. The van der Waals surface area contributed by atoms with E-state index >= 15 is 9.59 Å². The van der Waals surface area contributed by atoms with Crippen LogP contribution in [0.1, 0.15) is 162 Å². The number of rotatable bonds is 10. The number of benzene rings is 1. The number of imidazole rings is 1. The molecule has 1 aromatic carbocycles. The molecular formula is C49H67N5O8S2. The minimum atomic E-state index is -3.97. The van der Waals surface area contributed by atoms with E-state index in [9.17, 15) is 18.0 Å². The number of amides is 2. The number of Topliss-reactive ketones (excluding diaryl/α,β-unsaturated/α-hetero) is 1. The maximum Gasteiger partial charge on any atom is 0.307 e. The molecule has 2 amide bonds. The van der Waals surface area contributed by atoms with Gasteiger partial charge in [0.2, 0.25) is 21.8 Å². The lowest BCUT2D eigenvalue weighted by Crippen LogP contribution is -2.48. The highest BCUT2D eigenvalue weighted by molar-refractivity contribution is 7.91. The highest BCUT2D eigenvalue weighted by atomic mass is 32.2. The van der Waals surface area contributed by atoms with E-state index in [1.165, 1.54) is 19.3 Å². The topological polar surface area (TPSA) is 167 Å². The van der Waals surface area contributed by atoms with Crippen molar-refractivity contribution in [1.29, 1.82) is 0 Å². The molecule has 4 fully saturated rings. The molecule has 3 aromatic rings. The number of esters is 1. The van der Waals surface area contributed by atoms with Gasteiger partial charge in [-0.05, 0) is 111 Å². The predicted octanol–water partition coefficient (Wildman–Crippen LogP) is 9.22. The number of carbonyl (C=O) groups excluding carboxylic acids is 4. The van der Waals surface area contributed by atoms with Crippen LogP contribution in [0.4, 0.5) is 0 Å². The summed E-state index contributed by atoms with van der Waals surface area (Å²) in [5.41, 5.74) is 1.69. The molecule has 3 aliphatic carbocycles. The molecule has 0 unspecified atom stereocenters. The van der Waals surface area contributed by atoms with Gasteiger partial charge in [-0.2, -0.15) is 4.98 Å². The lowest BCUT2D eigenvalue weighted by Gasteiger charge is -2.30. The minimum Gasteiger partial charge on any atom is -0.460 e. The second-order valence-corrected chi connectivity index (χ2v) is 24.0. The monoisotopic (exact) mass is 917 g/mol. The fourth-order valence-electron chi connectivity index (χ4n) is 10.3. The second kappa shape index (κ2) is 17.9. The third-order valence-electron chi connectivity index (χ3n) is 14.5. The Labute approximate surface area is 382 Å². The van der Waals surface area contributed by atoms with Crippen molar-refractivity contribution >= 4 is 56.0 Å². The number of ether oxygens (including phenoxy) is 2. The Hall–Kier alpha value is -4.11. The summed E-state index contributed by atoms with van der Waals surface area (Å²) in [5, 5.41) is 3.09. The van der Waals surface area contributed by atoms with E-state index in [4.69, 9.17) is 19.4 Å². The van der Waals surface area contributed by atoms with E-state index in [1.807, 2.05) is 41.8 Å². The maximum atomic E-state index is 15.0. The van der Waals surface area contributed by atoms with Crippen molar-refractivity contribution in [2.45, 2.75) is 179 Å². The summed E-state index contributed by atoms with van der Waals surface area (Å²) in [6.07, 6.45) is 13.8. The van der Waals surface area contributed by atoms with Gasteiger partial charge in [0.1, 0.15) is 22.2 Å². The molecule has 5 aliphatic rings. The van der Waals surface area contributed by atoms with Gasteiger partial charge in [-0.15, -0.1) is 11.3 Å². The first kappa shape index (κ1) is 46.4. The summed E-state index contributed by atoms with van der Waals surface area (Å²) >= 11 is 1.63. The number of ketones is 1. The van der Waals surface area contributed by atoms with Crippen molar-refractivity contribution in [3.63, 3.8) is 0 Å². The summed E-state index contributed by atoms with van der Waals surface area (Å²) in [6, 6.07) is 5.40. The largest absolute Gasteiger partial charge is 0.460 e. The standard InChI is InChI=1S/C49H67N5O8S2/c1-30(2)54-37-22-16-21-35(43-50-36(29-63-43)32-17-13-11-14-18-32)41(37)51-46(54)61-39-28-53-42(31(39)3)38(55)27-49(45(58)52-64(59,60)48(7)23-24-48)26-34(49)20-15-10-8-9-12-19-33(44(53)57)25-40(56)62-47(4,5)6/h15-16,20-22,29-34,39,42H,8-14,17-19,23-28H2,1-7H3,(H,52,58)/b20-15-/t31-,33-,34-,39+,42+,49-/m1/s1. The number of nitrogens with zero attached hydrogens (tertiary/aromatic N) is 4. The Morgan fingerprint density at radius 2 is 1.73 bits per heavy atom. The van der Waals surface area contributed by atoms with E-state index in [0.717, 1.165) is 59.4 Å². The van der Waals surface area contributed by atoms with Crippen LogP contribution in [0.15, 0.2) is 35.7 Å². The van der Waals surface area contributed by atoms with Crippen LogP contribution in [-0.4, -0.2) is 80.5 Å². The molecule has 64 heavy (non-hydrogen) atoms. The van der Waals surface area contributed by atoms with Crippen LogP contribution < -0.4 is 9.46 Å². The van der Waals surface area contributed by atoms with Crippen molar-refractivity contribution < 1.29 is 37.1 Å². The smallest absolute Gasteiger partial charge is 0.307 e. The van der Waals surface area contributed by atoms with E-state index in [-0.39, 0.29) is 43.0 Å². The zero-order chi connectivity index (χ0) is 45.8. The minimum absolute atomic E-state index is 0.0552. The van der Waals surface area contributed by atoms with Gasteiger partial charge in [-0.3, -0.25) is 28.5 Å². The molecule has 1 saturated heterocycles. The van der Waals surface area contributed by atoms with Gasteiger partial charge in [0.15, 0.2) is 5.78 Å². The van der Waals surface area contributed by atoms with Crippen LogP contribution in [-0.2, 0) is 33.9 Å². The van der Waals surface area contributed by atoms with Crippen molar-refractivity contribution in [2.75, 3.05) is 6.54 Å². The summed E-state index contributed by atoms with van der Waals surface area (Å²) in [4.78, 5) is 69.5. The van der Waals surface area contributed by atoms with Gasteiger partial charge >= 0.3 is 5.97 Å². The van der Waals surface area contributed by atoms with E-state index in [1.54, 1.807) is 43.9 Å². The normalized spacial score (nSPS) is 28.5. The van der Waals surface area contributed by atoms with Gasteiger partial charge in [-0.1, -0.05) is 57.2 Å². The molecule has 6 atom stereocenters. The molecule has 4 heterocycles. The third-order valence-corrected chi connectivity index (χ3v) is 17.6. The Morgan fingerprint density at radius 1 is 1.02 bits per heavy atom. The molecular weight excluding hydrogens is 851 g/mol. The second-order valence-electron chi connectivity index (χ2n) is 20.9. The van der Waals surface area contributed by atoms with Gasteiger partial charge in [0.25, 0.3) is 6.01 Å². The summed E-state index contributed by atoms with van der Waals surface area (Å²) in [7, 11) is -3.97. The van der Waals surface area contributed by atoms with Gasteiger partial charge in [0, 0.05) is 41.2 Å². The number of aromatic nitrogens is 3. The van der Waals surface area contributed by atoms with Crippen molar-refractivity contribution in [1.82, 2.24) is 24.2 Å². The van der Waals surface area contributed by atoms with Crippen LogP contribution in [0.5, 0.6) is 6.01 Å². The number of hydrogen-bond acceptors (Lipinski definition) is 11. The summed E-state index contributed by atoms with van der Waals surface area (Å²) in [6.45, 7) is 13.1. The number of thiazole rings is 1. The lowest BCUT2D eigenvalue weighted by molar-refractivity contribution is -0.159. The molecule has 2 aromatic heterocycles. The van der Waals surface area contributed by atoms with E-state index in [0.29, 0.717) is 44.0 Å². The predicted molar refractivity (Wildman–Crippen MR) is 247 cm³/mol. The van der Waals surface area contributed by atoms with Gasteiger partial charge in [0.05, 0.1) is 40.4 Å². The number of hydrogen-bond donors (Lipinski definition) is 1. The average molecular weight is 918 g/mol. The highest BCUT2D eigenvalue weighted by Gasteiger charge is 2.63. The molecule has 348 valence electrons. The van der Waals surface area contributed by atoms with Crippen LogP contribution in [0.3, 0.4) is 0 Å². The number of nitrogens with one attached hydrogen (secondary N) is 1. The molecule has 8 rings (SSSR count). The fourth-order valence-corrected chi connectivity index (χ4v) is 12.6. The number of para-hydroxylation sites is 1. The fraction of sp³-hybridized carbons (Fsp3) is 0.673. The number of sulfonamides is 1. The maximum absolute atomic E-state index is 15.0. The van der Waals surface area contributed by atoms with Crippen LogP contribution >= 0.6 is 11.3 Å². The van der Waals surface area contributed by atoms with Crippen molar-refractivity contribution in [2.24, 2.45) is 23.2 Å². The molecule has 0 spiro atoms. The quantitative estimate of drug-likeness (QED) is 0.153. The zero-order valence-corrected chi connectivity index (χ0v) is 40.3. The Kier molecular flexibility index (Phi) is 13.0. The highest BCUT2D eigenvalue weighted by Crippen LogP contribution is 2.58. The Balaban J connectivity index is 1.13. The van der Waals surface area contributed by atoms with Crippen LogP contribution in [0.2, 0.25) is 0 Å². The van der Waals surface area contributed by atoms with Crippen molar-refractivity contribution in [3.8, 4) is 16.6 Å². The number of allylic oxidation sites excluding steroid dienone is 2. The molecule has 0 radical (unpaired) electrons. The zero-order valence-electron chi connectivity index (χ0n) is 38.7. The molecule has 2 aliphatic heterocycles. The first-order chi connectivity index (χ1) is 30.3. The van der Waals surface area contributed by atoms with Gasteiger partial charge < -0.3 is 14.4 Å². The third kappa shape index (κ3) is 9.44. The van der Waals surface area contributed by atoms with E-state index in [2.05, 4.69) is 23.9 Å². The number of carbonyl (C=O) groups is 4. The Morgan fingerprint density at radius 3 is 2.44 bits per heavy atom. The average Bonchev–Trinajstić information content (AvgIpc) is 3.95. The lowest BCUT2D eigenvalue weighted by atomic mass is 9.87. The van der Waals surface area contributed by atoms with Gasteiger partial charge in [-0.25, -0.2) is 13.4 Å². The van der Waals surface area contributed by atoms with Crippen molar-refractivity contribution in [3.05, 3.63) is 41.4 Å². The Bertz CT molecular complexity index is 2400. The molecule has 0 bridgehead atoms. The van der Waals surface area contributed by atoms with Crippen LogP contribution in [0.25, 0.3) is 21.6 Å². The SMILES string of the molecule is CC(C)n1c(O[C@H]2CN3C(=O)[C@@H](CC(=O)OC(C)(C)C)CCCCC/C=C\[C@@H]4C[C@@]4(C(=O)NS(=O)(=O)C4(C)CC4)CC(=O)[C@@H]3[C@@H]2C)nc2c(-c3nc(C4CCCCC4)cs3)cccc21.